The first-order chi connectivity index (χ1) is 12.0. The summed E-state index contributed by atoms with van der Waals surface area (Å²) >= 11 is 0. The first-order valence-corrected chi connectivity index (χ1v) is 8.74. The van der Waals surface area contributed by atoms with E-state index in [1.165, 1.54) is 12.1 Å². The Morgan fingerprint density at radius 2 is 2.00 bits per heavy atom. The Morgan fingerprint density at radius 1 is 1.28 bits per heavy atom. The number of aromatic nitrogens is 1. The van der Waals surface area contributed by atoms with Crippen LogP contribution in [0.2, 0.25) is 0 Å². The number of rotatable bonds is 4. The van der Waals surface area contributed by atoms with Gasteiger partial charge in [-0.1, -0.05) is 6.92 Å². The molecule has 1 fully saturated rings. The Bertz CT molecular complexity index is 767. The van der Waals surface area contributed by atoms with Gasteiger partial charge in [0.15, 0.2) is 0 Å². The zero-order chi connectivity index (χ0) is 18.0. The molecule has 1 amide bonds. The molecular weight excluding hydrogens is 321 g/mol. The summed E-state index contributed by atoms with van der Waals surface area (Å²) in [4.78, 5) is 21.3. The molecule has 25 heavy (non-hydrogen) atoms. The summed E-state index contributed by atoms with van der Waals surface area (Å²) in [6.07, 6.45) is 0.418. The Balaban J connectivity index is 1.77. The standard InChI is InChI=1S/C19H24FN3O2/c1-3-15(24)12-22-6-8-23(9-7-22)19(25)17-10-13(2)21-18-11-14(20)4-5-16(17)18/h4-5,10-11,15,24H,3,6-9,12H2,1-2H3/t15-/m0/s1. The fourth-order valence-corrected chi connectivity index (χ4v) is 3.24. The third-order valence-electron chi connectivity index (χ3n) is 4.73. The van der Waals surface area contributed by atoms with E-state index in [-0.39, 0.29) is 17.8 Å². The van der Waals surface area contributed by atoms with Gasteiger partial charge in [0.2, 0.25) is 0 Å². The van der Waals surface area contributed by atoms with Crippen LogP contribution in [0, 0.1) is 12.7 Å². The van der Waals surface area contributed by atoms with Crippen LogP contribution in [0.4, 0.5) is 4.39 Å². The van der Waals surface area contributed by atoms with Gasteiger partial charge in [-0.25, -0.2) is 4.39 Å². The highest BCUT2D eigenvalue weighted by atomic mass is 19.1. The quantitative estimate of drug-likeness (QED) is 0.923. The Labute approximate surface area is 147 Å². The molecule has 2 heterocycles. The molecule has 1 aliphatic heterocycles. The number of halogens is 1. The molecule has 134 valence electrons. The van der Waals surface area contributed by atoms with Crippen molar-refractivity contribution >= 4 is 16.8 Å². The number of aryl methyl sites for hydroxylation is 1. The van der Waals surface area contributed by atoms with Crippen LogP contribution in [0.25, 0.3) is 10.9 Å². The fraction of sp³-hybridized carbons (Fsp3) is 0.474. The molecule has 6 heteroatoms. The van der Waals surface area contributed by atoms with Gasteiger partial charge in [0.25, 0.3) is 5.91 Å². The summed E-state index contributed by atoms with van der Waals surface area (Å²) in [5, 5.41) is 10.5. The lowest BCUT2D eigenvalue weighted by Crippen LogP contribution is -2.50. The van der Waals surface area contributed by atoms with Crippen LogP contribution in [-0.4, -0.2) is 64.6 Å². The van der Waals surface area contributed by atoms with Crippen LogP contribution in [-0.2, 0) is 0 Å². The molecule has 0 spiro atoms. The van der Waals surface area contributed by atoms with E-state index in [2.05, 4.69) is 9.88 Å². The molecule has 5 nitrogen and oxygen atoms in total. The average molecular weight is 345 g/mol. The van der Waals surface area contributed by atoms with Crippen molar-refractivity contribution in [3.8, 4) is 0 Å². The van der Waals surface area contributed by atoms with Gasteiger partial charge in [0.05, 0.1) is 17.2 Å². The number of nitrogens with zero attached hydrogens (tertiary/aromatic N) is 3. The summed E-state index contributed by atoms with van der Waals surface area (Å²) in [5.41, 5.74) is 1.78. The smallest absolute Gasteiger partial charge is 0.254 e. The monoisotopic (exact) mass is 345 g/mol. The van der Waals surface area contributed by atoms with Gasteiger partial charge >= 0.3 is 0 Å². The zero-order valence-corrected chi connectivity index (χ0v) is 14.7. The highest BCUT2D eigenvalue weighted by molar-refractivity contribution is 6.06. The van der Waals surface area contributed by atoms with Gasteiger partial charge in [-0.3, -0.25) is 14.7 Å². The topological polar surface area (TPSA) is 56.7 Å². The van der Waals surface area contributed by atoms with Crippen LogP contribution < -0.4 is 0 Å². The molecule has 0 bridgehead atoms. The first-order valence-electron chi connectivity index (χ1n) is 8.74. The fourth-order valence-electron chi connectivity index (χ4n) is 3.24. The van der Waals surface area contributed by atoms with E-state index < -0.39 is 0 Å². The van der Waals surface area contributed by atoms with E-state index in [1.54, 1.807) is 12.1 Å². The van der Waals surface area contributed by atoms with Crippen molar-refractivity contribution in [2.75, 3.05) is 32.7 Å². The van der Waals surface area contributed by atoms with E-state index in [4.69, 9.17) is 0 Å². The van der Waals surface area contributed by atoms with Crippen molar-refractivity contribution in [2.45, 2.75) is 26.4 Å². The Morgan fingerprint density at radius 3 is 2.68 bits per heavy atom. The number of aliphatic hydroxyl groups excluding tert-OH is 1. The highest BCUT2D eigenvalue weighted by Gasteiger charge is 2.24. The molecule has 1 aromatic carbocycles. The second kappa shape index (κ2) is 7.45. The van der Waals surface area contributed by atoms with Crippen molar-refractivity contribution < 1.29 is 14.3 Å². The van der Waals surface area contributed by atoms with Gasteiger partial charge < -0.3 is 10.0 Å². The minimum atomic E-state index is -0.355. The lowest BCUT2D eigenvalue weighted by molar-refractivity contribution is 0.0525. The molecule has 1 aromatic heterocycles. The zero-order valence-electron chi connectivity index (χ0n) is 14.7. The predicted molar refractivity (Wildman–Crippen MR) is 95.1 cm³/mol. The Kier molecular flexibility index (Phi) is 5.30. The maximum atomic E-state index is 13.5. The molecule has 0 unspecified atom stereocenters. The third kappa shape index (κ3) is 3.96. The van der Waals surface area contributed by atoms with Crippen LogP contribution in [0.1, 0.15) is 29.4 Å². The van der Waals surface area contributed by atoms with Gasteiger partial charge in [0.1, 0.15) is 5.82 Å². The molecular formula is C19H24FN3O2. The number of pyridine rings is 1. The van der Waals surface area contributed by atoms with Crippen molar-refractivity contribution in [3.05, 3.63) is 41.3 Å². The Hall–Kier alpha value is -2.05. The van der Waals surface area contributed by atoms with Gasteiger partial charge in [0, 0.05) is 49.9 Å². The van der Waals surface area contributed by atoms with E-state index in [1.807, 2.05) is 18.7 Å². The highest BCUT2D eigenvalue weighted by Crippen LogP contribution is 2.21. The maximum Gasteiger partial charge on any atom is 0.254 e. The van der Waals surface area contributed by atoms with Crippen molar-refractivity contribution in [1.82, 2.24) is 14.8 Å². The number of hydrogen-bond donors (Lipinski definition) is 1. The summed E-state index contributed by atoms with van der Waals surface area (Å²) in [6, 6.07) is 6.12. The van der Waals surface area contributed by atoms with E-state index in [9.17, 15) is 14.3 Å². The summed E-state index contributed by atoms with van der Waals surface area (Å²) in [7, 11) is 0. The lowest BCUT2D eigenvalue weighted by atomic mass is 10.1. The molecule has 3 rings (SSSR count). The molecule has 0 saturated carbocycles. The number of carbonyl (C=O) groups is 1. The van der Waals surface area contributed by atoms with Crippen molar-refractivity contribution in [2.24, 2.45) is 0 Å². The third-order valence-corrected chi connectivity index (χ3v) is 4.73. The van der Waals surface area contributed by atoms with Crippen molar-refractivity contribution in [1.29, 1.82) is 0 Å². The number of piperazine rings is 1. The number of amides is 1. The number of fused-ring (bicyclic) bond motifs is 1. The van der Waals surface area contributed by atoms with Crippen LogP contribution >= 0.6 is 0 Å². The molecule has 1 atom stereocenters. The van der Waals surface area contributed by atoms with Gasteiger partial charge in [-0.05, 0) is 31.5 Å². The number of aliphatic hydroxyl groups is 1. The van der Waals surface area contributed by atoms with Gasteiger partial charge in [-0.2, -0.15) is 0 Å². The SMILES string of the molecule is CC[C@H](O)CN1CCN(C(=O)c2cc(C)nc3cc(F)ccc23)CC1. The average Bonchev–Trinajstić information content (AvgIpc) is 2.60. The van der Waals surface area contributed by atoms with E-state index in [0.717, 1.165) is 19.5 Å². The molecule has 2 aromatic rings. The number of benzene rings is 1. The van der Waals surface area contributed by atoms with E-state index >= 15 is 0 Å². The molecule has 1 aliphatic rings. The summed E-state index contributed by atoms with van der Waals surface area (Å²) < 4.78 is 13.5. The largest absolute Gasteiger partial charge is 0.392 e. The van der Waals surface area contributed by atoms with Crippen LogP contribution in [0.5, 0.6) is 0 Å². The predicted octanol–water partition coefficient (Wildman–Crippen LogP) is 2.21. The minimum Gasteiger partial charge on any atom is -0.392 e. The molecule has 0 aliphatic carbocycles. The lowest BCUT2D eigenvalue weighted by Gasteiger charge is -2.35. The molecule has 0 radical (unpaired) electrons. The summed E-state index contributed by atoms with van der Waals surface area (Å²) in [5.74, 6) is -0.398. The number of carbonyl (C=O) groups excluding carboxylic acids is 1. The minimum absolute atomic E-state index is 0.0437. The van der Waals surface area contributed by atoms with E-state index in [0.29, 0.717) is 41.8 Å². The van der Waals surface area contributed by atoms with Crippen LogP contribution in [0.3, 0.4) is 0 Å². The second-order valence-corrected chi connectivity index (χ2v) is 6.63. The van der Waals surface area contributed by atoms with Gasteiger partial charge in [-0.15, -0.1) is 0 Å². The normalized spacial score (nSPS) is 17.0. The van der Waals surface area contributed by atoms with Crippen molar-refractivity contribution in [3.63, 3.8) is 0 Å². The summed E-state index contributed by atoms with van der Waals surface area (Å²) in [6.45, 7) is 7.17. The number of hydrogen-bond acceptors (Lipinski definition) is 4. The molecule has 1 N–H and O–H groups in total. The number of β-amino-alcohol motifs (C(OH)–C–C–N with tert-alkyl or cyclic N) is 1. The first kappa shape index (κ1) is 17.8. The molecule has 1 saturated heterocycles. The maximum absolute atomic E-state index is 13.5. The second-order valence-electron chi connectivity index (χ2n) is 6.63. The van der Waals surface area contributed by atoms with Crippen LogP contribution in [0.15, 0.2) is 24.3 Å².